The lowest BCUT2D eigenvalue weighted by Crippen LogP contribution is -2.41. The molecule has 7 N–H and O–H groups in total. The molecule has 0 aromatic heterocycles. The largest absolute Gasteiger partial charge is 0.504 e. The van der Waals surface area contributed by atoms with Gasteiger partial charge in [-0.2, -0.15) is 0 Å². The number of anilines is 1. The summed E-state index contributed by atoms with van der Waals surface area (Å²) in [5, 5.41) is 45.1. The maximum atomic E-state index is 12.0. The maximum Gasteiger partial charge on any atom is 0.326 e. The fourth-order valence-electron chi connectivity index (χ4n) is 2.82. The van der Waals surface area contributed by atoms with Crippen LogP contribution in [-0.2, 0) is 16.0 Å². The van der Waals surface area contributed by atoms with Crippen LogP contribution in [0.15, 0.2) is 36.4 Å². The van der Waals surface area contributed by atoms with Gasteiger partial charge in [-0.3, -0.25) is 4.79 Å². The fourth-order valence-corrected chi connectivity index (χ4v) is 2.82. The molecule has 0 radical (unpaired) electrons. The number of carboxylic acid groups (broad SMARTS) is 1. The average Bonchev–Trinajstić information content (AvgIpc) is 3.12. The number of amides is 1. The van der Waals surface area contributed by atoms with Gasteiger partial charge in [0.25, 0.3) is 0 Å². The van der Waals surface area contributed by atoms with Crippen LogP contribution in [-0.4, -0.2) is 54.9 Å². The van der Waals surface area contributed by atoms with E-state index in [2.05, 4.69) is 0 Å². The van der Waals surface area contributed by atoms with Crippen LogP contribution in [0, 0.1) is 0 Å². The highest BCUT2D eigenvalue weighted by molar-refractivity contribution is 5.85. The number of carboxylic acids is 1. The van der Waals surface area contributed by atoms with Crippen LogP contribution in [0.4, 0.5) is 5.69 Å². The van der Waals surface area contributed by atoms with Gasteiger partial charge >= 0.3 is 5.97 Å². The van der Waals surface area contributed by atoms with Crippen molar-refractivity contribution in [3.63, 3.8) is 0 Å². The first-order chi connectivity index (χ1) is 13.2. The highest BCUT2D eigenvalue weighted by Gasteiger charge is 2.33. The number of carbonyl (C=O) groups is 2. The standard InChI is InChI=1S/C13H15NO5.C6H7NO2/c15-10-4-3-8(6-11(10)16)7-12(17)14-5-1-2-9(14)13(18)19;7-4-1-2-5(8)6(9)3-4/h3-4,6,9,15-16H,1-2,5,7H2,(H,18,19);1-3,8-9H,7H2. The monoisotopic (exact) mass is 390 g/mol. The third-order valence-electron chi connectivity index (χ3n) is 4.25. The average molecular weight is 390 g/mol. The van der Waals surface area contributed by atoms with Gasteiger partial charge in [0.2, 0.25) is 5.91 Å². The first-order valence-electron chi connectivity index (χ1n) is 8.49. The number of nitrogens with two attached hydrogens (primary N) is 1. The molecule has 2 aromatic carbocycles. The van der Waals surface area contributed by atoms with Crippen LogP contribution < -0.4 is 5.73 Å². The Bertz CT molecular complexity index is 869. The molecular formula is C19H22N2O7. The van der Waals surface area contributed by atoms with E-state index in [1.165, 1.54) is 41.3 Å². The smallest absolute Gasteiger partial charge is 0.326 e. The molecule has 28 heavy (non-hydrogen) atoms. The minimum absolute atomic E-state index is 0.0115. The van der Waals surface area contributed by atoms with Crippen LogP contribution in [0.3, 0.4) is 0 Å². The van der Waals surface area contributed by atoms with Gasteiger partial charge in [-0.25, -0.2) is 4.79 Å². The summed E-state index contributed by atoms with van der Waals surface area (Å²) < 4.78 is 0. The number of benzene rings is 2. The quantitative estimate of drug-likeness (QED) is 0.260. The Kier molecular flexibility index (Phi) is 6.54. The van der Waals surface area contributed by atoms with Crippen molar-refractivity contribution in [3.8, 4) is 23.0 Å². The van der Waals surface area contributed by atoms with E-state index in [1.54, 1.807) is 0 Å². The molecule has 9 heteroatoms. The van der Waals surface area contributed by atoms with Crippen molar-refractivity contribution in [2.75, 3.05) is 12.3 Å². The lowest BCUT2D eigenvalue weighted by atomic mass is 10.1. The Morgan fingerprint density at radius 2 is 1.57 bits per heavy atom. The van der Waals surface area contributed by atoms with Gasteiger partial charge < -0.3 is 36.2 Å². The Hall–Kier alpha value is -3.62. The molecule has 0 bridgehead atoms. The van der Waals surface area contributed by atoms with E-state index in [4.69, 9.17) is 21.1 Å². The lowest BCUT2D eigenvalue weighted by Gasteiger charge is -2.21. The molecule has 150 valence electrons. The minimum atomic E-state index is -0.987. The third kappa shape index (κ3) is 5.19. The summed E-state index contributed by atoms with van der Waals surface area (Å²) in [5.74, 6) is -2.14. The van der Waals surface area contributed by atoms with E-state index in [9.17, 15) is 19.8 Å². The molecule has 1 amide bonds. The molecule has 1 atom stereocenters. The zero-order valence-electron chi connectivity index (χ0n) is 14.9. The zero-order chi connectivity index (χ0) is 20.8. The molecule has 0 saturated carbocycles. The first-order valence-corrected chi connectivity index (χ1v) is 8.49. The van der Waals surface area contributed by atoms with Crippen molar-refractivity contribution < 1.29 is 35.1 Å². The molecular weight excluding hydrogens is 368 g/mol. The second-order valence-corrected chi connectivity index (χ2v) is 6.33. The number of phenols is 4. The van der Waals surface area contributed by atoms with Gasteiger partial charge in [-0.1, -0.05) is 6.07 Å². The third-order valence-corrected chi connectivity index (χ3v) is 4.25. The summed E-state index contributed by atoms with van der Waals surface area (Å²) in [6, 6.07) is 7.52. The van der Waals surface area contributed by atoms with Crippen molar-refractivity contribution in [2.24, 2.45) is 0 Å². The number of aromatic hydroxyl groups is 4. The summed E-state index contributed by atoms with van der Waals surface area (Å²) in [4.78, 5) is 24.4. The predicted molar refractivity (Wildman–Crippen MR) is 100 cm³/mol. The number of hydrogen-bond donors (Lipinski definition) is 6. The number of aliphatic carboxylic acids is 1. The summed E-state index contributed by atoms with van der Waals surface area (Å²) in [6.45, 7) is 0.444. The molecule has 1 saturated heterocycles. The molecule has 1 aliphatic heterocycles. The fraction of sp³-hybridized carbons (Fsp3) is 0.263. The number of nitrogen functional groups attached to an aromatic ring is 1. The molecule has 0 spiro atoms. The summed E-state index contributed by atoms with van der Waals surface area (Å²) in [6.07, 6.45) is 1.17. The van der Waals surface area contributed by atoms with Gasteiger partial charge in [0, 0.05) is 18.3 Å². The number of likely N-dealkylation sites (tertiary alicyclic amines) is 1. The molecule has 1 fully saturated rings. The highest BCUT2D eigenvalue weighted by atomic mass is 16.4. The van der Waals surface area contributed by atoms with E-state index in [0.29, 0.717) is 30.6 Å². The van der Waals surface area contributed by atoms with Crippen molar-refractivity contribution in [1.29, 1.82) is 0 Å². The Morgan fingerprint density at radius 1 is 0.964 bits per heavy atom. The Balaban J connectivity index is 0.000000261. The number of carbonyl (C=O) groups excluding carboxylic acids is 1. The van der Waals surface area contributed by atoms with Gasteiger partial charge in [-0.05, 0) is 42.7 Å². The zero-order valence-corrected chi connectivity index (χ0v) is 14.9. The molecule has 1 unspecified atom stereocenters. The number of nitrogens with zero attached hydrogens (tertiary/aromatic N) is 1. The number of phenolic OH excluding ortho intramolecular Hbond substituents is 4. The van der Waals surface area contributed by atoms with Crippen molar-refractivity contribution >= 4 is 17.6 Å². The summed E-state index contributed by atoms with van der Waals surface area (Å²) in [7, 11) is 0. The predicted octanol–water partition coefficient (Wildman–Crippen LogP) is 1.40. The van der Waals surface area contributed by atoms with E-state index in [-0.39, 0.29) is 35.3 Å². The van der Waals surface area contributed by atoms with Crippen molar-refractivity contribution in [3.05, 3.63) is 42.0 Å². The van der Waals surface area contributed by atoms with Gasteiger partial charge in [-0.15, -0.1) is 0 Å². The van der Waals surface area contributed by atoms with Crippen LogP contribution in [0.2, 0.25) is 0 Å². The SMILES string of the molecule is Nc1ccc(O)c(O)c1.O=C(O)C1CCCN1C(=O)Cc1ccc(O)c(O)c1. The number of hydrogen-bond acceptors (Lipinski definition) is 7. The molecule has 1 aliphatic rings. The normalized spacial score (nSPS) is 15.6. The van der Waals surface area contributed by atoms with Gasteiger partial charge in [0.15, 0.2) is 23.0 Å². The lowest BCUT2D eigenvalue weighted by molar-refractivity contribution is -0.148. The molecule has 9 nitrogen and oxygen atoms in total. The van der Waals surface area contributed by atoms with Crippen LogP contribution >= 0.6 is 0 Å². The molecule has 1 heterocycles. The van der Waals surface area contributed by atoms with Crippen molar-refractivity contribution in [1.82, 2.24) is 4.90 Å². The number of rotatable bonds is 3. The summed E-state index contributed by atoms with van der Waals surface area (Å²) in [5.41, 5.74) is 6.23. The van der Waals surface area contributed by atoms with E-state index in [0.717, 1.165) is 0 Å². The van der Waals surface area contributed by atoms with Gasteiger partial charge in [0.05, 0.1) is 6.42 Å². The first kappa shape index (κ1) is 20.7. The summed E-state index contributed by atoms with van der Waals surface area (Å²) >= 11 is 0. The van der Waals surface area contributed by atoms with E-state index < -0.39 is 12.0 Å². The van der Waals surface area contributed by atoms with Crippen molar-refractivity contribution in [2.45, 2.75) is 25.3 Å². The van der Waals surface area contributed by atoms with Crippen LogP contribution in [0.5, 0.6) is 23.0 Å². The molecule has 2 aromatic rings. The second-order valence-electron chi connectivity index (χ2n) is 6.33. The van der Waals surface area contributed by atoms with Gasteiger partial charge in [0.1, 0.15) is 6.04 Å². The maximum absolute atomic E-state index is 12.0. The van der Waals surface area contributed by atoms with Crippen LogP contribution in [0.25, 0.3) is 0 Å². The molecule has 3 rings (SSSR count). The molecule has 0 aliphatic carbocycles. The van der Waals surface area contributed by atoms with E-state index >= 15 is 0 Å². The minimum Gasteiger partial charge on any atom is -0.504 e. The van der Waals surface area contributed by atoms with E-state index in [1.807, 2.05) is 0 Å². The Morgan fingerprint density at radius 3 is 2.11 bits per heavy atom. The second kappa shape index (κ2) is 8.85. The Labute approximate surface area is 160 Å². The van der Waals surface area contributed by atoms with Crippen LogP contribution in [0.1, 0.15) is 18.4 Å². The highest BCUT2D eigenvalue weighted by Crippen LogP contribution is 2.26. The topological polar surface area (TPSA) is 165 Å².